The van der Waals surface area contributed by atoms with Crippen LogP contribution >= 0.6 is 15.9 Å². The first-order chi connectivity index (χ1) is 8.13. The molecule has 0 aliphatic carbocycles. The molecule has 1 amide bonds. The molecule has 0 spiro atoms. The van der Waals surface area contributed by atoms with Gasteiger partial charge in [0.05, 0.1) is 6.61 Å². The Morgan fingerprint density at radius 2 is 2.29 bits per heavy atom. The van der Waals surface area contributed by atoms with Gasteiger partial charge in [-0.25, -0.2) is 0 Å². The molecule has 0 heterocycles. The Morgan fingerprint density at radius 1 is 1.53 bits per heavy atom. The minimum Gasteiger partial charge on any atom is -0.384 e. The predicted molar refractivity (Wildman–Crippen MR) is 72.7 cm³/mol. The first-order valence-electron chi connectivity index (χ1n) is 5.61. The monoisotopic (exact) mass is 299 g/mol. The highest BCUT2D eigenvalue weighted by Crippen LogP contribution is 2.06. The summed E-state index contributed by atoms with van der Waals surface area (Å²) in [7, 11) is 1.67. The molecule has 17 heavy (non-hydrogen) atoms. The first kappa shape index (κ1) is 14.2. The zero-order chi connectivity index (χ0) is 12.7. The van der Waals surface area contributed by atoms with E-state index in [1.165, 1.54) is 0 Å². The number of amides is 1. The lowest BCUT2D eigenvalue weighted by molar-refractivity contribution is 0.0952. The number of ether oxygens (including phenoxy) is 1. The normalized spacial score (nSPS) is 12.2. The third-order valence-electron chi connectivity index (χ3n) is 2.37. The number of aryl methyl sites for hydroxylation is 1. The summed E-state index contributed by atoms with van der Waals surface area (Å²) in [6.45, 7) is 3.27. The summed E-state index contributed by atoms with van der Waals surface area (Å²) in [5.74, 6) is -0.0224. The van der Waals surface area contributed by atoms with Gasteiger partial charge in [-0.15, -0.1) is 0 Å². The third kappa shape index (κ3) is 5.33. The molecule has 3 nitrogen and oxygen atoms in total. The third-order valence-corrected chi connectivity index (χ3v) is 3.09. The highest BCUT2D eigenvalue weighted by Gasteiger charge is 2.07. The summed E-state index contributed by atoms with van der Waals surface area (Å²) < 4.78 is 5.00. The van der Waals surface area contributed by atoms with Crippen molar-refractivity contribution in [2.45, 2.75) is 18.2 Å². The van der Waals surface area contributed by atoms with Crippen molar-refractivity contribution in [3.8, 4) is 0 Å². The Hall–Kier alpha value is -0.870. The van der Waals surface area contributed by atoms with Crippen LogP contribution in [0, 0.1) is 6.92 Å². The Balaban J connectivity index is 2.35. The van der Waals surface area contributed by atoms with Gasteiger partial charge in [-0.05, 0) is 25.5 Å². The number of hydrogen-bond donors (Lipinski definition) is 1. The maximum Gasteiger partial charge on any atom is 0.251 e. The highest BCUT2D eigenvalue weighted by atomic mass is 79.9. The average Bonchev–Trinajstić information content (AvgIpc) is 2.29. The Morgan fingerprint density at radius 3 is 2.94 bits per heavy atom. The molecule has 0 aliphatic heterocycles. The van der Waals surface area contributed by atoms with E-state index in [2.05, 4.69) is 21.2 Å². The molecular weight excluding hydrogens is 282 g/mol. The molecule has 0 radical (unpaired) electrons. The maximum atomic E-state index is 11.8. The fourth-order valence-corrected chi connectivity index (χ4v) is 1.99. The van der Waals surface area contributed by atoms with E-state index in [1.807, 2.05) is 31.2 Å². The number of methoxy groups -OCH3 is 1. The molecule has 4 heteroatoms. The van der Waals surface area contributed by atoms with Crippen LogP contribution < -0.4 is 5.32 Å². The second-order valence-electron chi connectivity index (χ2n) is 3.97. The molecule has 1 N–H and O–H groups in total. The Bertz CT molecular complexity index is 368. The van der Waals surface area contributed by atoms with Crippen LogP contribution in [0.15, 0.2) is 24.3 Å². The van der Waals surface area contributed by atoms with Crippen molar-refractivity contribution in [3.05, 3.63) is 35.4 Å². The second kappa shape index (κ2) is 7.45. The van der Waals surface area contributed by atoms with Gasteiger partial charge in [0, 0.05) is 24.0 Å². The molecule has 0 saturated carbocycles. The van der Waals surface area contributed by atoms with Crippen molar-refractivity contribution in [3.63, 3.8) is 0 Å². The van der Waals surface area contributed by atoms with E-state index in [1.54, 1.807) is 7.11 Å². The number of carbonyl (C=O) groups is 1. The molecule has 0 fully saturated rings. The van der Waals surface area contributed by atoms with Gasteiger partial charge in [0.25, 0.3) is 5.91 Å². The summed E-state index contributed by atoms with van der Waals surface area (Å²) >= 11 is 3.48. The van der Waals surface area contributed by atoms with Crippen LogP contribution in [-0.4, -0.2) is 31.0 Å². The fourth-order valence-electron chi connectivity index (χ4n) is 1.49. The SMILES string of the molecule is COCC(Br)CCNC(=O)c1cccc(C)c1. The van der Waals surface area contributed by atoms with Gasteiger partial charge >= 0.3 is 0 Å². The van der Waals surface area contributed by atoms with Crippen LogP contribution in [-0.2, 0) is 4.74 Å². The van der Waals surface area contributed by atoms with E-state index < -0.39 is 0 Å². The highest BCUT2D eigenvalue weighted by molar-refractivity contribution is 9.09. The molecular formula is C13H18BrNO2. The number of benzene rings is 1. The van der Waals surface area contributed by atoms with E-state index in [0.29, 0.717) is 18.7 Å². The molecule has 0 bridgehead atoms. The van der Waals surface area contributed by atoms with Crippen molar-refractivity contribution >= 4 is 21.8 Å². The molecule has 1 rings (SSSR count). The van der Waals surface area contributed by atoms with E-state index in [0.717, 1.165) is 12.0 Å². The van der Waals surface area contributed by atoms with Crippen molar-refractivity contribution in [1.82, 2.24) is 5.32 Å². The summed E-state index contributed by atoms with van der Waals surface area (Å²) in [5.41, 5.74) is 1.80. The molecule has 0 saturated heterocycles. The van der Waals surface area contributed by atoms with E-state index in [9.17, 15) is 4.79 Å². The molecule has 0 aromatic heterocycles. The summed E-state index contributed by atoms with van der Waals surface area (Å²) in [6, 6.07) is 7.57. The number of rotatable bonds is 6. The van der Waals surface area contributed by atoms with Crippen LogP contribution in [0.25, 0.3) is 0 Å². The molecule has 94 valence electrons. The van der Waals surface area contributed by atoms with Crippen molar-refractivity contribution in [2.75, 3.05) is 20.3 Å². The molecule has 1 atom stereocenters. The van der Waals surface area contributed by atoms with E-state index in [4.69, 9.17) is 4.74 Å². The van der Waals surface area contributed by atoms with Crippen molar-refractivity contribution < 1.29 is 9.53 Å². The largest absolute Gasteiger partial charge is 0.384 e. The van der Waals surface area contributed by atoms with Gasteiger partial charge in [-0.2, -0.15) is 0 Å². The minimum atomic E-state index is -0.0224. The van der Waals surface area contributed by atoms with E-state index >= 15 is 0 Å². The summed E-state index contributed by atoms with van der Waals surface area (Å²) in [4.78, 5) is 12.1. The van der Waals surface area contributed by atoms with Crippen LogP contribution in [0.2, 0.25) is 0 Å². The van der Waals surface area contributed by atoms with Gasteiger partial charge in [-0.3, -0.25) is 4.79 Å². The number of nitrogens with one attached hydrogen (secondary N) is 1. The number of carbonyl (C=O) groups excluding carboxylic acids is 1. The van der Waals surface area contributed by atoms with Gasteiger partial charge < -0.3 is 10.1 Å². The van der Waals surface area contributed by atoms with E-state index in [-0.39, 0.29) is 10.7 Å². The molecule has 1 aromatic carbocycles. The second-order valence-corrected chi connectivity index (χ2v) is 5.26. The zero-order valence-corrected chi connectivity index (χ0v) is 11.8. The first-order valence-corrected chi connectivity index (χ1v) is 6.53. The van der Waals surface area contributed by atoms with Crippen molar-refractivity contribution in [1.29, 1.82) is 0 Å². The van der Waals surface area contributed by atoms with Gasteiger partial charge in [0.1, 0.15) is 0 Å². The van der Waals surface area contributed by atoms with Crippen LogP contribution in [0.3, 0.4) is 0 Å². The quantitative estimate of drug-likeness (QED) is 0.820. The number of halogens is 1. The smallest absolute Gasteiger partial charge is 0.251 e. The molecule has 0 aliphatic rings. The topological polar surface area (TPSA) is 38.3 Å². The molecule has 1 unspecified atom stereocenters. The molecule has 1 aromatic rings. The summed E-state index contributed by atoms with van der Waals surface area (Å²) in [6.07, 6.45) is 0.853. The minimum absolute atomic E-state index is 0.0224. The van der Waals surface area contributed by atoms with Crippen LogP contribution in [0.4, 0.5) is 0 Å². The maximum absolute atomic E-state index is 11.8. The lowest BCUT2D eigenvalue weighted by Crippen LogP contribution is -2.26. The van der Waals surface area contributed by atoms with Gasteiger partial charge in [-0.1, -0.05) is 33.6 Å². The van der Waals surface area contributed by atoms with Gasteiger partial charge in [0.15, 0.2) is 0 Å². The number of hydrogen-bond acceptors (Lipinski definition) is 2. The lowest BCUT2D eigenvalue weighted by Gasteiger charge is -2.09. The standard InChI is InChI=1S/C13H18BrNO2/c1-10-4-3-5-11(8-10)13(16)15-7-6-12(14)9-17-2/h3-5,8,12H,6-7,9H2,1-2H3,(H,15,16). The van der Waals surface area contributed by atoms with Gasteiger partial charge in [0.2, 0.25) is 0 Å². The number of alkyl halides is 1. The van der Waals surface area contributed by atoms with Crippen LogP contribution in [0.5, 0.6) is 0 Å². The lowest BCUT2D eigenvalue weighted by atomic mass is 10.1. The Labute approximate surface area is 111 Å². The van der Waals surface area contributed by atoms with Crippen LogP contribution in [0.1, 0.15) is 22.3 Å². The zero-order valence-electron chi connectivity index (χ0n) is 10.2. The summed E-state index contributed by atoms with van der Waals surface area (Å²) in [5, 5.41) is 2.89. The Kier molecular flexibility index (Phi) is 6.22. The average molecular weight is 300 g/mol. The van der Waals surface area contributed by atoms with Crippen molar-refractivity contribution in [2.24, 2.45) is 0 Å². The predicted octanol–water partition coefficient (Wildman–Crippen LogP) is 2.52. The fraction of sp³-hybridized carbons (Fsp3) is 0.462.